The van der Waals surface area contributed by atoms with E-state index < -0.39 is 0 Å². The second-order valence-corrected chi connectivity index (χ2v) is 7.93. The third-order valence-electron chi connectivity index (χ3n) is 5.48. The van der Waals surface area contributed by atoms with Crippen LogP contribution in [0.1, 0.15) is 12.8 Å². The predicted molar refractivity (Wildman–Crippen MR) is 126 cm³/mol. The summed E-state index contributed by atoms with van der Waals surface area (Å²) in [5.41, 5.74) is 0.512. The van der Waals surface area contributed by atoms with Crippen LogP contribution in [0.5, 0.6) is 17.2 Å². The van der Waals surface area contributed by atoms with Crippen molar-refractivity contribution < 1.29 is 23.8 Å². The van der Waals surface area contributed by atoms with Crippen molar-refractivity contribution in [1.82, 2.24) is 14.7 Å². The van der Waals surface area contributed by atoms with Gasteiger partial charge in [-0.3, -0.25) is 14.3 Å². The highest BCUT2D eigenvalue weighted by Crippen LogP contribution is 2.29. The first-order valence-electron chi connectivity index (χ1n) is 11.2. The number of ether oxygens (including phenoxy) is 3. The lowest BCUT2D eigenvalue weighted by Gasteiger charge is -2.32. The molecule has 1 N–H and O–H groups in total. The summed E-state index contributed by atoms with van der Waals surface area (Å²) >= 11 is 0. The van der Waals surface area contributed by atoms with Gasteiger partial charge in [-0.15, -0.1) is 0 Å². The van der Waals surface area contributed by atoms with Crippen LogP contribution >= 0.6 is 0 Å². The highest BCUT2D eigenvalue weighted by molar-refractivity contribution is 5.91. The van der Waals surface area contributed by atoms with E-state index in [-0.39, 0.29) is 31.1 Å². The van der Waals surface area contributed by atoms with Gasteiger partial charge in [-0.05, 0) is 24.3 Å². The molecule has 178 valence electrons. The monoisotopic (exact) mass is 464 g/mol. The number of carbonyl (C=O) groups is 2. The van der Waals surface area contributed by atoms with Crippen molar-refractivity contribution >= 4 is 17.5 Å². The molecule has 2 heterocycles. The molecule has 0 radical (unpaired) electrons. The summed E-state index contributed by atoms with van der Waals surface area (Å²) in [6, 6.07) is 16.7. The van der Waals surface area contributed by atoms with Crippen molar-refractivity contribution in [1.29, 1.82) is 0 Å². The van der Waals surface area contributed by atoms with Gasteiger partial charge >= 0.3 is 0 Å². The zero-order valence-electron chi connectivity index (χ0n) is 19.1. The predicted octanol–water partition coefficient (Wildman–Crippen LogP) is 2.98. The number of carbonyl (C=O) groups excluding carboxylic acids is 2. The third-order valence-corrected chi connectivity index (χ3v) is 5.48. The Balaban J connectivity index is 1.20. The molecule has 3 aromatic rings. The van der Waals surface area contributed by atoms with E-state index in [1.165, 1.54) is 10.9 Å². The van der Waals surface area contributed by atoms with Crippen molar-refractivity contribution in [3.05, 3.63) is 67.0 Å². The summed E-state index contributed by atoms with van der Waals surface area (Å²) in [4.78, 5) is 26.6. The van der Waals surface area contributed by atoms with Gasteiger partial charge in [0.1, 0.15) is 18.4 Å². The normalized spacial score (nSPS) is 13.9. The van der Waals surface area contributed by atoms with E-state index >= 15 is 0 Å². The number of rotatable bonds is 9. The number of para-hydroxylation sites is 3. The molecular weight excluding hydrogens is 436 g/mol. The van der Waals surface area contributed by atoms with Crippen LogP contribution in [-0.4, -0.2) is 59.4 Å². The maximum absolute atomic E-state index is 12.7. The third kappa shape index (κ3) is 6.28. The molecule has 9 nitrogen and oxygen atoms in total. The SMILES string of the molecule is COc1ccccc1OC1CCN(C(=O)Cn2cc(NC(=O)COc3ccccc3)cn2)CC1. The minimum atomic E-state index is -0.299. The topological polar surface area (TPSA) is 94.9 Å². The van der Waals surface area contributed by atoms with Crippen molar-refractivity contribution in [2.75, 3.05) is 32.1 Å². The number of amides is 2. The van der Waals surface area contributed by atoms with Crippen LogP contribution in [0, 0.1) is 0 Å². The Labute approximate surface area is 198 Å². The highest BCUT2D eigenvalue weighted by atomic mass is 16.5. The summed E-state index contributed by atoms with van der Waals surface area (Å²) in [6.07, 6.45) is 4.67. The molecule has 1 aromatic heterocycles. The Morgan fingerprint density at radius 2 is 1.74 bits per heavy atom. The standard InChI is InChI=1S/C25H28N4O5/c1-32-22-9-5-6-10-23(22)34-21-11-13-28(14-12-21)25(31)17-29-16-19(15-26-29)27-24(30)18-33-20-7-3-2-4-8-20/h2-10,15-16,21H,11-14,17-18H2,1H3,(H,27,30). The number of hydrogen-bond acceptors (Lipinski definition) is 6. The molecule has 1 fully saturated rings. The molecule has 2 amide bonds. The number of benzene rings is 2. The van der Waals surface area contributed by atoms with Gasteiger partial charge in [-0.2, -0.15) is 5.10 Å². The van der Waals surface area contributed by atoms with Gasteiger partial charge in [0.25, 0.3) is 5.91 Å². The molecule has 2 aromatic carbocycles. The Hall–Kier alpha value is -4.01. The number of methoxy groups -OCH3 is 1. The number of likely N-dealkylation sites (tertiary alicyclic amines) is 1. The Morgan fingerprint density at radius 1 is 1.03 bits per heavy atom. The fraction of sp³-hybridized carbons (Fsp3) is 0.320. The smallest absolute Gasteiger partial charge is 0.262 e. The molecule has 0 unspecified atom stereocenters. The van der Waals surface area contributed by atoms with Crippen molar-refractivity contribution in [2.45, 2.75) is 25.5 Å². The van der Waals surface area contributed by atoms with Crippen LogP contribution < -0.4 is 19.5 Å². The largest absolute Gasteiger partial charge is 0.493 e. The molecule has 9 heteroatoms. The van der Waals surface area contributed by atoms with Gasteiger partial charge in [-0.1, -0.05) is 30.3 Å². The van der Waals surface area contributed by atoms with Crippen LogP contribution in [0.3, 0.4) is 0 Å². The summed E-state index contributed by atoms with van der Waals surface area (Å²) < 4.78 is 18.4. The van der Waals surface area contributed by atoms with E-state index in [1.807, 2.05) is 47.4 Å². The average molecular weight is 465 g/mol. The highest BCUT2D eigenvalue weighted by Gasteiger charge is 2.25. The Kier molecular flexibility index (Phi) is 7.64. The van der Waals surface area contributed by atoms with E-state index in [1.54, 1.807) is 25.4 Å². The average Bonchev–Trinajstić information content (AvgIpc) is 3.30. The lowest BCUT2D eigenvalue weighted by molar-refractivity contribution is -0.133. The van der Waals surface area contributed by atoms with Gasteiger partial charge < -0.3 is 24.4 Å². The molecule has 1 aliphatic heterocycles. The number of aromatic nitrogens is 2. The number of nitrogens with zero attached hydrogens (tertiary/aromatic N) is 3. The van der Waals surface area contributed by atoms with E-state index in [9.17, 15) is 9.59 Å². The van der Waals surface area contributed by atoms with Gasteiger partial charge in [0, 0.05) is 32.1 Å². The second kappa shape index (κ2) is 11.2. The van der Waals surface area contributed by atoms with E-state index in [2.05, 4.69) is 10.4 Å². The Morgan fingerprint density at radius 3 is 2.47 bits per heavy atom. The number of nitrogens with one attached hydrogen (secondary N) is 1. The molecule has 1 aliphatic rings. The molecule has 0 spiro atoms. The quantitative estimate of drug-likeness (QED) is 0.523. The van der Waals surface area contributed by atoms with E-state index in [0.29, 0.717) is 30.3 Å². The Bertz CT molecular complexity index is 1090. The van der Waals surface area contributed by atoms with Crippen molar-refractivity contribution in [2.24, 2.45) is 0 Å². The number of piperidine rings is 1. The fourth-order valence-electron chi connectivity index (χ4n) is 3.73. The summed E-state index contributed by atoms with van der Waals surface area (Å²) in [6.45, 7) is 1.22. The summed E-state index contributed by atoms with van der Waals surface area (Å²) in [7, 11) is 1.62. The number of hydrogen-bond donors (Lipinski definition) is 1. The lowest BCUT2D eigenvalue weighted by atomic mass is 10.1. The number of anilines is 1. The zero-order chi connectivity index (χ0) is 23.8. The molecule has 34 heavy (non-hydrogen) atoms. The van der Waals surface area contributed by atoms with Gasteiger partial charge in [-0.25, -0.2) is 0 Å². The lowest BCUT2D eigenvalue weighted by Crippen LogP contribution is -2.43. The van der Waals surface area contributed by atoms with Gasteiger partial charge in [0.2, 0.25) is 5.91 Å². The molecule has 4 rings (SSSR count). The fourth-order valence-corrected chi connectivity index (χ4v) is 3.73. The maximum Gasteiger partial charge on any atom is 0.262 e. The molecule has 0 saturated carbocycles. The molecule has 0 bridgehead atoms. The van der Waals surface area contributed by atoms with E-state index in [0.717, 1.165) is 18.6 Å². The summed E-state index contributed by atoms with van der Waals surface area (Å²) in [5, 5.41) is 6.91. The first kappa shape index (κ1) is 23.2. The van der Waals surface area contributed by atoms with Crippen LogP contribution in [0.4, 0.5) is 5.69 Å². The first-order valence-corrected chi connectivity index (χ1v) is 11.2. The molecule has 1 saturated heterocycles. The minimum Gasteiger partial charge on any atom is -0.493 e. The van der Waals surface area contributed by atoms with Crippen LogP contribution in [0.25, 0.3) is 0 Å². The van der Waals surface area contributed by atoms with Crippen LogP contribution in [0.15, 0.2) is 67.0 Å². The zero-order valence-corrected chi connectivity index (χ0v) is 19.1. The summed E-state index contributed by atoms with van der Waals surface area (Å²) in [5.74, 6) is 1.72. The molecule has 0 atom stereocenters. The van der Waals surface area contributed by atoms with E-state index in [4.69, 9.17) is 14.2 Å². The van der Waals surface area contributed by atoms with Crippen LogP contribution in [-0.2, 0) is 16.1 Å². The van der Waals surface area contributed by atoms with Gasteiger partial charge in [0.15, 0.2) is 18.1 Å². The minimum absolute atomic E-state index is 0.0240. The first-order chi connectivity index (χ1) is 16.6. The van der Waals surface area contributed by atoms with Crippen LogP contribution in [0.2, 0.25) is 0 Å². The van der Waals surface area contributed by atoms with Crippen molar-refractivity contribution in [3.8, 4) is 17.2 Å². The maximum atomic E-state index is 12.7. The van der Waals surface area contributed by atoms with Crippen molar-refractivity contribution in [3.63, 3.8) is 0 Å². The second-order valence-electron chi connectivity index (χ2n) is 7.93. The molecular formula is C25H28N4O5. The van der Waals surface area contributed by atoms with Gasteiger partial charge in [0.05, 0.1) is 19.0 Å². The molecule has 0 aliphatic carbocycles.